The second-order valence-corrected chi connectivity index (χ2v) is 4.20. The van der Waals surface area contributed by atoms with Crippen molar-refractivity contribution in [3.05, 3.63) is 29.8 Å². The van der Waals surface area contributed by atoms with Gasteiger partial charge >= 0.3 is 0 Å². The molecule has 0 spiro atoms. The summed E-state index contributed by atoms with van der Waals surface area (Å²) in [6.07, 6.45) is 1.18. The van der Waals surface area contributed by atoms with Gasteiger partial charge in [0.05, 0.1) is 6.61 Å². The minimum atomic E-state index is 0.494. The molecule has 0 fully saturated rings. The van der Waals surface area contributed by atoms with Crippen LogP contribution in [-0.2, 0) is 0 Å². The third-order valence-electron chi connectivity index (χ3n) is 3.06. The number of benzene rings is 1. The first-order valence-corrected chi connectivity index (χ1v) is 5.78. The summed E-state index contributed by atoms with van der Waals surface area (Å²) in [4.78, 5) is 0. The average molecular weight is 205 g/mol. The highest BCUT2D eigenvalue weighted by atomic mass is 16.5. The van der Waals surface area contributed by atoms with Crippen LogP contribution in [0.4, 0.5) is 0 Å². The number of hydrogen-bond acceptors (Lipinski definition) is 2. The third kappa shape index (κ3) is 2.15. The largest absolute Gasteiger partial charge is 0.493 e. The minimum Gasteiger partial charge on any atom is -0.493 e. The van der Waals surface area contributed by atoms with E-state index in [1.807, 2.05) is 6.07 Å². The topological polar surface area (TPSA) is 21.3 Å². The van der Waals surface area contributed by atoms with Gasteiger partial charge in [0.2, 0.25) is 0 Å². The SMILES string of the molecule is CCCNC(C)C1COc2ccccc21. The Labute approximate surface area is 91.6 Å². The zero-order valence-corrected chi connectivity index (χ0v) is 9.49. The molecule has 82 valence electrons. The summed E-state index contributed by atoms with van der Waals surface area (Å²) in [7, 11) is 0. The predicted octanol–water partition coefficient (Wildman–Crippen LogP) is 2.55. The van der Waals surface area contributed by atoms with Crippen LogP contribution in [0.15, 0.2) is 24.3 Å². The summed E-state index contributed by atoms with van der Waals surface area (Å²) in [5.74, 6) is 1.57. The highest BCUT2D eigenvalue weighted by Gasteiger charge is 2.27. The lowest BCUT2D eigenvalue weighted by molar-refractivity contribution is 0.304. The molecule has 2 unspecified atom stereocenters. The van der Waals surface area contributed by atoms with Crippen molar-refractivity contribution in [1.82, 2.24) is 5.32 Å². The van der Waals surface area contributed by atoms with E-state index in [9.17, 15) is 0 Å². The normalized spacial score (nSPS) is 20.8. The van der Waals surface area contributed by atoms with Crippen molar-refractivity contribution < 1.29 is 4.74 Å². The number of fused-ring (bicyclic) bond motifs is 1. The maximum atomic E-state index is 5.67. The summed E-state index contributed by atoms with van der Waals surface area (Å²) < 4.78 is 5.67. The lowest BCUT2D eigenvalue weighted by Crippen LogP contribution is -2.33. The molecule has 0 radical (unpaired) electrons. The van der Waals surface area contributed by atoms with Crippen LogP contribution in [0.2, 0.25) is 0 Å². The van der Waals surface area contributed by atoms with E-state index in [2.05, 4.69) is 37.4 Å². The molecule has 2 rings (SSSR count). The maximum Gasteiger partial charge on any atom is 0.122 e. The standard InChI is InChI=1S/C13H19NO/c1-3-8-14-10(2)12-9-15-13-7-5-4-6-11(12)13/h4-7,10,12,14H,3,8-9H2,1-2H3. The van der Waals surface area contributed by atoms with E-state index in [1.54, 1.807) is 0 Å². The van der Waals surface area contributed by atoms with Gasteiger partial charge in [-0.1, -0.05) is 25.1 Å². The molecule has 0 bridgehead atoms. The van der Waals surface area contributed by atoms with Crippen molar-refractivity contribution in [3.63, 3.8) is 0 Å². The molecule has 1 aromatic rings. The summed E-state index contributed by atoms with van der Waals surface area (Å²) in [5.41, 5.74) is 1.36. The molecule has 1 N–H and O–H groups in total. The van der Waals surface area contributed by atoms with Gasteiger partial charge in [0.1, 0.15) is 5.75 Å². The van der Waals surface area contributed by atoms with Crippen LogP contribution in [0, 0.1) is 0 Å². The number of para-hydroxylation sites is 1. The second kappa shape index (κ2) is 4.67. The number of hydrogen-bond donors (Lipinski definition) is 1. The van der Waals surface area contributed by atoms with E-state index in [-0.39, 0.29) is 0 Å². The molecule has 0 saturated carbocycles. The molecule has 15 heavy (non-hydrogen) atoms. The summed E-state index contributed by atoms with van der Waals surface area (Å²) in [6.45, 7) is 6.33. The molecule has 2 nitrogen and oxygen atoms in total. The van der Waals surface area contributed by atoms with Gasteiger partial charge in [-0.3, -0.25) is 0 Å². The Morgan fingerprint density at radius 1 is 1.47 bits per heavy atom. The number of ether oxygens (including phenoxy) is 1. The lowest BCUT2D eigenvalue weighted by Gasteiger charge is -2.19. The molecule has 1 aliphatic heterocycles. The van der Waals surface area contributed by atoms with Gasteiger partial charge in [0, 0.05) is 17.5 Å². The molecule has 2 atom stereocenters. The summed E-state index contributed by atoms with van der Waals surface area (Å²) in [6, 6.07) is 8.85. The summed E-state index contributed by atoms with van der Waals surface area (Å²) in [5, 5.41) is 3.54. The first-order chi connectivity index (χ1) is 7.33. The van der Waals surface area contributed by atoms with Crippen LogP contribution in [-0.4, -0.2) is 19.2 Å². The van der Waals surface area contributed by atoms with Crippen molar-refractivity contribution in [2.45, 2.75) is 32.2 Å². The van der Waals surface area contributed by atoms with Crippen molar-refractivity contribution in [2.24, 2.45) is 0 Å². The average Bonchev–Trinajstić information content (AvgIpc) is 2.69. The van der Waals surface area contributed by atoms with Crippen LogP contribution in [0.3, 0.4) is 0 Å². The third-order valence-corrected chi connectivity index (χ3v) is 3.06. The van der Waals surface area contributed by atoms with Gasteiger partial charge in [-0.25, -0.2) is 0 Å². The predicted molar refractivity (Wildman–Crippen MR) is 62.4 cm³/mol. The van der Waals surface area contributed by atoms with Crippen molar-refractivity contribution in [2.75, 3.05) is 13.2 Å². The zero-order chi connectivity index (χ0) is 10.7. The number of rotatable bonds is 4. The smallest absolute Gasteiger partial charge is 0.122 e. The highest BCUT2D eigenvalue weighted by molar-refractivity contribution is 5.40. The van der Waals surface area contributed by atoms with Crippen LogP contribution < -0.4 is 10.1 Å². The van der Waals surface area contributed by atoms with E-state index >= 15 is 0 Å². The Kier molecular flexibility index (Phi) is 3.27. The Morgan fingerprint density at radius 3 is 3.07 bits per heavy atom. The fraction of sp³-hybridized carbons (Fsp3) is 0.538. The molecular formula is C13H19NO. The van der Waals surface area contributed by atoms with Gasteiger partial charge in [-0.15, -0.1) is 0 Å². The molecule has 1 aromatic carbocycles. The van der Waals surface area contributed by atoms with Gasteiger partial charge in [-0.2, -0.15) is 0 Å². The van der Waals surface area contributed by atoms with Gasteiger partial charge in [-0.05, 0) is 26.0 Å². The van der Waals surface area contributed by atoms with Crippen molar-refractivity contribution in [1.29, 1.82) is 0 Å². The van der Waals surface area contributed by atoms with Crippen molar-refractivity contribution in [3.8, 4) is 5.75 Å². The highest BCUT2D eigenvalue weighted by Crippen LogP contribution is 2.35. The fourth-order valence-electron chi connectivity index (χ4n) is 2.12. The minimum absolute atomic E-state index is 0.494. The first kappa shape index (κ1) is 10.5. The Morgan fingerprint density at radius 2 is 2.27 bits per heavy atom. The van der Waals surface area contributed by atoms with Crippen LogP contribution in [0.5, 0.6) is 5.75 Å². The Balaban J connectivity index is 2.06. The van der Waals surface area contributed by atoms with Gasteiger partial charge in [0.15, 0.2) is 0 Å². The van der Waals surface area contributed by atoms with Crippen LogP contribution >= 0.6 is 0 Å². The van der Waals surface area contributed by atoms with Crippen LogP contribution in [0.1, 0.15) is 31.7 Å². The fourth-order valence-corrected chi connectivity index (χ4v) is 2.12. The maximum absolute atomic E-state index is 5.67. The molecule has 1 heterocycles. The Hall–Kier alpha value is -1.02. The molecule has 0 aromatic heterocycles. The van der Waals surface area contributed by atoms with E-state index in [0.29, 0.717) is 12.0 Å². The van der Waals surface area contributed by atoms with E-state index in [0.717, 1.165) is 18.9 Å². The molecule has 0 amide bonds. The van der Waals surface area contributed by atoms with Gasteiger partial charge in [0.25, 0.3) is 0 Å². The molecule has 0 saturated heterocycles. The molecule has 1 aliphatic rings. The molecular weight excluding hydrogens is 186 g/mol. The van der Waals surface area contributed by atoms with Crippen molar-refractivity contribution >= 4 is 0 Å². The first-order valence-electron chi connectivity index (χ1n) is 5.78. The van der Waals surface area contributed by atoms with Gasteiger partial charge < -0.3 is 10.1 Å². The monoisotopic (exact) mass is 205 g/mol. The lowest BCUT2D eigenvalue weighted by atomic mass is 9.94. The molecule has 2 heteroatoms. The van der Waals surface area contributed by atoms with E-state index in [1.165, 1.54) is 12.0 Å². The Bertz CT molecular complexity index is 324. The number of nitrogens with one attached hydrogen (secondary N) is 1. The van der Waals surface area contributed by atoms with E-state index in [4.69, 9.17) is 4.74 Å². The summed E-state index contributed by atoms with van der Waals surface area (Å²) >= 11 is 0. The second-order valence-electron chi connectivity index (χ2n) is 4.20. The quantitative estimate of drug-likeness (QED) is 0.815. The molecule has 0 aliphatic carbocycles. The van der Waals surface area contributed by atoms with Crippen LogP contribution in [0.25, 0.3) is 0 Å². The van der Waals surface area contributed by atoms with E-state index < -0.39 is 0 Å². The zero-order valence-electron chi connectivity index (χ0n) is 9.49.